The lowest BCUT2D eigenvalue weighted by Crippen LogP contribution is -2.22. The zero-order valence-electron chi connectivity index (χ0n) is 7.87. The van der Waals surface area contributed by atoms with Gasteiger partial charge in [0.05, 0.1) is 7.11 Å². The van der Waals surface area contributed by atoms with Crippen LogP contribution in [0.15, 0.2) is 12.1 Å². The molecule has 0 amide bonds. The second kappa shape index (κ2) is 3.64. The van der Waals surface area contributed by atoms with E-state index in [1.54, 1.807) is 19.2 Å². The number of aliphatic hydroxyl groups is 1. The molecule has 1 heterocycles. The van der Waals surface area contributed by atoms with Crippen molar-refractivity contribution in [2.24, 2.45) is 0 Å². The van der Waals surface area contributed by atoms with Gasteiger partial charge in [-0.25, -0.2) is 4.39 Å². The van der Waals surface area contributed by atoms with Gasteiger partial charge in [-0.15, -0.1) is 11.3 Å². The number of hydrogen-bond donors (Lipinski definition) is 1. The van der Waals surface area contributed by atoms with E-state index in [2.05, 4.69) is 0 Å². The molecule has 1 unspecified atom stereocenters. The summed E-state index contributed by atoms with van der Waals surface area (Å²) in [5, 5.41) is 10.2. The molecule has 1 N–H and O–H groups in total. The number of hydrogen-bond acceptors (Lipinski definition) is 3. The number of alkyl halides is 1. The van der Waals surface area contributed by atoms with Crippen molar-refractivity contribution in [3.05, 3.63) is 17.0 Å². The topological polar surface area (TPSA) is 29.5 Å². The zero-order chi connectivity index (χ0) is 10.1. The summed E-state index contributed by atoms with van der Waals surface area (Å²) in [6, 6.07) is 3.39. The van der Waals surface area contributed by atoms with Gasteiger partial charge in [-0.2, -0.15) is 0 Å². The molecular weight excluding hydrogens is 191 g/mol. The summed E-state index contributed by atoms with van der Waals surface area (Å²) in [6.45, 7) is 2.70. The van der Waals surface area contributed by atoms with Crippen molar-refractivity contribution in [3.8, 4) is 5.06 Å². The highest BCUT2D eigenvalue weighted by Crippen LogP contribution is 2.35. The fraction of sp³-hybridized carbons (Fsp3) is 0.556. The number of aliphatic hydroxyl groups excluding tert-OH is 1. The van der Waals surface area contributed by atoms with Crippen LogP contribution in [0.3, 0.4) is 0 Å². The lowest BCUT2D eigenvalue weighted by molar-refractivity contribution is 0.0186. The average Bonchev–Trinajstić information content (AvgIpc) is 2.48. The van der Waals surface area contributed by atoms with E-state index < -0.39 is 11.8 Å². The van der Waals surface area contributed by atoms with E-state index in [-0.39, 0.29) is 0 Å². The minimum Gasteiger partial charge on any atom is -0.487 e. The van der Waals surface area contributed by atoms with Gasteiger partial charge in [-0.05, 0) is 26.0 Å². The van der Waals surface area contributed by atoms with Crippen LogP contribution in [0.4, 0.5) is 4.39 Å². The maximum Gasteiger partial charge on any atom is 0.173 e. The smallest absolute Gasteiger partial charge is 0.173 e. The van der Waals surface area contributed by atoms with Gasteiger partial charge in [0.15, 0.2) is 5.06 Å². The van der Waals surface area contributed by atoms with Gasteiger partial charge in [0.2, 0.25) is 0 Å². The number of halogens is 1. The Kier molecular flexibility index (Phi) is 2.93. The van der Waals surface area contributed by atoms with E-state index in [1.807, 2.05) is 0 Å². The lowest BCUT2D eigenvalue weighted by atomic mass is 10.0. The molecule has 0 aliphatic rings. The molecule has 0 aliphatic heterocycles. The first-order chi connectivity index (χ1) is 5.95. The molecule has 1 rings (SSSR count). The Labute approximate surface area is 81.0 Å². The average molecular weight is 204 g/mol. The molecule has 0 bridgehead atoms. The van der Waals surface area contributed by atoms with Crippen molar-refractivity contribution in [2.75, 3.05) is 7.11 Å². The third-order valence-electron chi connectivity index (χ3n) is 1.72. The van der Waals surface area contributed by atoms with E-state index in [9.17, 15) is 9.50 Å². The van der Waals surface area contributed by atoms with Crippen LogP contribution in [0.5, 0.6) is 5.06 Å². The first kappa shape index (κ1) is 10.5. The van der Waals surface area contributed by atoms with Crippen molar-refractivity contribution >= 4 is 11.3 Å². The molecule has 0 aliphatic carbocycles. The Morgan fingerprint density at radius 1 is 1.54 bits per heavy atom. The van der Waals surface area contributed by atoms with Crippen LogP contribution in [0.2, 0.25) is 0 Å². The quantitative estimate of drug-likeness (QED) is 0.819. The second-order valence-electron chi connectivity index (χ2n) is 3.33. The van der Waals surface area contributed by atoms with Crippen LogP contribution in [-0.2, 0) is 0 Å². The Balaban J connectivity index is 2.83. The molecule has 0 spiro atoms. The minimum absolute atomic E-state index is 0.587. The zero-order valence-corrected chi connectivity index (χ0v) is 8.69. The molecule has 0 radical (unpaired) electrons. The molecule has 0 fully saturated rings. The molecule has 0 aromatic carbocycles. The molecule has 0 saturated heterocycles. The predicted octanol–water partition coefficient (Wildman–Crippen LogP) is 2.54. The summed E-state index contributed by atoms with van der Waals surface area (Å²) in [4.78, 5) is 0.587. The van der Waals surface area contributed by atoms with Gasteiger partial charge in [-0.3, -0.25) is 0 Å². The molecule has 1 atom stereocenters. The van der Waals surface area contributed by atoms with Crippen molar-refractivity contribution in [2.45, 2.75) is 25.6 Å². The van der Waals surface area contributed by atoms with E-state index >= 15 is 0 Å². The molecule has 4 heteroatoms. The maximum atomic E-state index is 13.3. The van der Waals surface area contributed by atoms with E-state index in [0.29, 0.717) is 9.94 Å². The summed E-state index contributed by atoms with van der Waals surface area (Å²) in [7, 11) is 1.54. The van der Waals surface area contributed by atoms with Gasteiger partial charge < -0.3 is 9.84 Å². The van der Waals surface area contributed by atoms with E-state index in [4.69, 9.17) is 4.74 Å². The largest absolute Gasteiger partial charge is 0.487 e. The monoisotopic (exact) mass is 204 g/mol. The Morgan fingerprint density at radius 3 is 2.54 bits per heavy atom. The second-order valence-corrected chi connectivity index (χ2v) is 4.41. The van der Waals surface area contributed by atoms with Gasteiger partial charge in [0.1, 0.15) is 11.8 Å². The van der Waals surface area contributed by atoms with Gasteiger partial charge in [0, 0.05) is 4.88 Å². The first-order valence-corrected chi connectivity index (χ1v) is 4.77. The number of ether oxygens (including phenoxy) is 1. The van der Waals surface area contributed by atoms with E-state index in [0.717, 1.165) is 0 Å². The van der Waals surface area contributed by atoms with Crippen LogP contribution in [0, 0.1) is 0 Å². The lowest BCUT2D eigenvalue weighted by Gasteiger charge is -2.20. The number of thiophene rings is 1. The third-order valence-corrected chi connectivity index (χ3v) is 2.82. The minimum atomic E-state index is -1.62. The van der Waals surface area contributed by atoms with Crippen molar-refractivity contribution in [1.82, 2.24) is 0 Å². The third kappa shape index (κ3) is 2.42. The summed E-state index contributed by atoms with van der Waals surface area (Å²) < 4.78 is 18.2. The molecule has 2 nitrogen and oxygen atoms in total. The fourth-order valence-electron chi connectivity index (χ4n) is 0.929. The molecule has 1 aromatic heterocycles. The van der Waals surface area contributed by atoms with E-state index in [1.165, 1.54) is 25.2 Å². The summed E-state index contributed by atoms with van der Waals surface area (Å²) in [6.07, 6.45) is -1.08. The number of methoxy groups -OCH3 is 1. The molecule has 0 saturated carbocycles. The standard InChI is InChI=1S/C9H13FO2S/c1-9(2,10)8(11)6-4-5-7(12-3)13-6/h4-5,8,11H,1-3H3. The van der Waals surface area contributed by atoms with Crippen LogP contribution < -0.4 is 4.74 Å². The highest BCUT2D eigenvalue weighted by atomic mass is 32.1. The summed E-state index contributed by atoms with van der Waals surface area (Å²) in [5.74, 6) is 0. The van der Waals surface area contributed by atoms with Crippen LogP contribution in [0.1, 0.15) is 24.8 Å². The van der Waals surface area contributed by atoms with Crippen LogP contribution in [-0.4, -0.2) is 17.9 Å². The highest BCUT2D eigenvalue weighted by Gasteiger charge is 2.29. The molecule has 1 aromatic rings. The Morgan fingerprint density at radius 2 is 2.15 bits per heavy atom. The van der Waals surface area contributed by atoms with Crippen molar-refractivity contribution in [3.63, 3.8) is 0 Å². The maximum absolute atomic E-state index is 13.3. The van der Waals surface area contributed by atoms with Crippen LogP contribution in [0.25, 0.3) is 0 Å². The summed E-state index contributed by atoms with van der Waals surface area (Å²) >= 11 is 1.26. The molecule has 74 valence electrons. The Bertz CT molecular complexity index is 277. The van der Waals surface area contributed by atoms with Crippen molar-refractivity contribution in [1.29, 1.82) is 0 Å². The Hall–Kier alpha value is -0.610. The van der Waals surface area contributed by atoms with Gasteiger partial charge in [-0.1, -0.05) is 0 Å². The first-order valence-electron chi connectivity index (χ1n) is 3.96. The predicted molar refractivity (Wildman–Crippen MR) is 51.0 cm³/mol. The molecule has 13 heavy (non-hydrogen) atoms. The summed E-state index contributed by atoms with van der Waals surface area (Å²) in [5.41, 5.74) is -1.62. The number of rotatable bonds is 3. The van der Waals surface area contributed by atoms with Crippen LogP contribution >= 0.6 is 11.3 Å². The molecular formula is C9H13FO2S. The SMILES string of the molecule is COc1ccc(C(O)C(C)(C)F)s1. The fourth-order valence-corrected chi connectivity index (χ4v) is 1.91. The van der Waals surface area contributed by atoms with Gasteiger partial charge in [0.25, 0.3) is 0 Å². The van der Waals surface area contributed by atoms with Crippen molar-refractivity contribution < 1.29 is 14.2 Å². The normalized spacial score (nSPS) is 14.2. The highest BCUT2D eigenvalue weighted by molar-refractivity contribution is 7.13. The van der Waals surface area contributed by atoms with Gasteiger partial charge >= 0.3 is 0 Å².